The number of amides is 1. The Balaban J connectivity index is 1.61. The first-order valence-corrected chi connectivity index (χ1v) is 10.0. The molecule has 0 aliphatic heterocycles. The van der Waals surface area contributed by atoms with Crippen LogP contribution in [-0.4, -0.2) is 23.4 Å². The molecular weight excluding hydrogens is 385 g/mol. The minimum atomic E-state index is -0.247. The number of rotatable bonds is 8. The summed E-state index contributed by atoms with van der Waals surface area (Å²) in [5.74, 6) is 1.66. The average Bonchev–Trinajstić information content (AvgIpc) is 2.65. The van der Waals surface area contributed by atoms with E-state index in [-0.39, 0.29) is 11.7 Å². The summed E-state index contributed by atoms with van der Waals surface area (Å²) in [7, 11) is 0. The number of anilines is 1. The number of ether oxygens (including phenoxy) is 1. The molecule has 2 aromatic rings. The Hall–Kier alpha value is -2.32. The zero-order valence-corrected chi connectivity index (χ0v) is 16.6. The van der Waals surface area contributed by atoms with Crippen LogP contribution in [0.15, 0.2) is 48.5 Å². The number of carbonyl (C=O) groups is 1. The van der Waals surface area contributed by atoms with Crippen molar-refractivity contribution in [3.8, 4) is 5.75 Å². The van der Waals surface area contributed by atoms with Crippen molar-refractivity contribution in [2.75, 3.05) is 17.7 Å². The molecule has 0 aliphatic rings. The SMILES string of the molecule is CCOc1ccc(NC(=S)NNC(=O)CCSCc2cccc(F)c2)cc1. The molecule has 0 spiro atoms. The van der Waals surface area contributed by atoms with Crippen LogP contribution in [0.1, 0.15) is 18.9 Å². The first-order valence-electron chi connectivity index (χ1n) is 8.47. The Kier molecular flexibility index (Phi) is 8.86. The molecule has 0 fully saturated rings. The third-order valence-corrected chi connectivity index (χ3v) is 4.60. The molecular formula is C19H22FN3O2S2. The molecule has 8 heteroatoms. The molecule has 2 rings (SSSR count). The van der Waals surface area contributed by atoms with Crippen molar-refractivity contribution >= 4 is 40.7 Å². The van der Waals surface area contributed by atoms with Crippen molar-refractivity contribution < 1.29 is 13.9 Å². The lowest BCUT2D eigenvalue weighted by atomic mass is 10.2. The molecule has 0 bridgehead atoms. The van der Waals surface area contributed by atoms with Crippen molar-refractivity contribution in [3.63, 3.8) is 0 Å². The molecule has 0 saturated carbocycles. The Morgan fingerprint density at radius 2 is 1.96 bits per heavy atom. The van der Waals surface area contributed by atoms with E-state index in [9.17, 15) is 9.18 Å². The summed E-state index contributed by atoms with van der Waals surface area (Å²) >= 11 is 6.71. The highest BCUT2D eigenvalue weighted by molar-refractivity contribution is 7.98. The Morgan fingerprint density at radius 1 is 1.19 bits per heavy atom. The smallest absolute Gasteiger partial charge is 0.239 e. The van der Waals surface area contributed by atoms with E-state index in [1.54, 1.807) is 17.8 Å². The molecule has 3 N–H and O–H groups in total. The van der Waals surface area contributed by atoms with Gasteiger partial charge in [-0.25, -0.2) is 4.39 Å². The van der Waals surface area contributed by atoms with Crippen LogP contribution in [-0.2, 0) is 10.5 Å². The molecule has 0 saturated heterocycles. The largest absolute Gasteiger partial charge is 0.494 e. The zero-order chi connectivity index (χ0) is 19.5. The summed E-state index contributed by atoms with van der Waals surface area (Å²) < 4.78 is 18.5. The van der Waals surface area contributed by atoms with Gasteiger partial charge in [-0.2, -0.15) is 11.8 Å². The van der Waals surface area contributed by atoms with Crippen LogP contribution in [0.3, 0.4) is 0 Å². The molecule has 27 heavy (non-hydrogen) atoms. The second-order valence-corrected chi connectivity index (χ2v) is 7.03. The molecule has 0 atom stereocenters. The number of thioether (sulfide) groups is 1. The lowest BCUT2D eigenvalue weighted by Gasteiger charge is -2.12. The summed E-state index contributed by atoms with van der Waals surface area (Å²) in [6.07, 6.45) is 0.332. The number of hydrogen-bond acceptors (Lipinski definition) is 4. The maximum absolute atomic E-state index is 13.1. The molecule has 0 radical (unpaired) electrons. The molecule has 144 valence electrons. The lowest BCUT2D eigenvalue weighted by molar-refractivity contribution is -0.121. The number of halogens is 1. The van der Waals surface area contributed by atoms with E-state index in [4.69, 9.17) is 17.0 Å². The standard InChI is InChI=1S/C19H22FN3O2S2/c1-2-25-17-8-6-16(7-9-17)21-19(26)23-22-18(24)10-11-27-13-14-4-3-5-15(20)12-14/h3-9,12H,2,10-11,13H2,1H3,(H,22,24)(H2,21,23,26). The van der Waals surface area contributed by atoms with E-state index in [1.165, 1.54) is 12.1 Å². The van der Waals surface area contributed by atoms with Crippen LogP contribution in [0.4, 0.5) is 10.1 Å². The van der Waals surface area contributed by atoms with E-state index in [0.717, 1.165) is 17.0 Å². The first kappa shape index (κ1) is 21.0. The molecule has 1 amide bonds. The Morgan fingerprint density at radius 3 is 2.67 bits per heavy atom. The van der Waals surface area contributed by atoms with E-state index < -0.39 is 0 Å². The van der Waals surface area contributed by atoms with Gasteiger partial charge in [-0.15, -0.1) is 0 Å². The molecule has 0 aliphatic carbocycles. The van der Waals surface area contributed by atoms with Gasteiger partial charge in [-0.05, 0) is 61.1 Å². The van der Waals surface area contributed by atoms with E-state index in [0.29, 0.717) is 29.6 Å². The summed E-state index contributed by atoms with van der Waals surface area (Å²) in [6, 6.07) is 13.8. The van der Waals surface area contributed by atoms with Crippen molar-refractivity contribution in [1.29, 1.82) is 0 Å². The predicted octanol–water partition coefficient (Wildman–Crippen LogP) is 3.87. The van der Waals surface area contributed by atoms with Gasteiger partial charge in [0.25, 0.3) is 0 Å². The molecule has 0 aromatic heterocycles. The van der Waals surface area contributed by atoms with Gasteiger partial charge in [-0.1, -0.05) is 12.1 Å². The summed E-state index contributed by atoms with van der Waals surface area (Å²) in [5, 5.41) is 3.26. The van der Waals surface area contributed by atoms with Crippen LogP contribution in [0.5, 0.6) is 5.75 Å². The van der Waals surface area contributed by atoms with Crippen LogP contribution in [0.2, 0.25) is 0 Å². The van der Waals surface area contributed by atoms with Gasteiger partial charge in [0.15, 0.2) is 5.11 Å². The summed E-state index contributed by atoms with van der Waals surface area (Å²) in [5.41, 5.74) is 6.91. The monoisotopic (exact) mass is 407 g/mol. The quantitative estimate of drug-likeness (QED) is 0.351. The number of hydrogen-bond donors (Lipinski definition) is 3. The molecule has 5 nitrogen and oxygen atoms in total. The second kappa shape index (κ2) is 11.4. The average molecular weight is 408 g/mol. The maximum atomic E-state index is 13.1. The number of carbonyl (C=O) groups excluding carboxylic acids is 1. The van der Waals surface area contributed by atoms with Gasteiger partial charge in [0, 0.05) is 23.6 Å². The van der Waals surface area contributed by atoms with Gasteiger partial charge in [-0.3, -0.25) is 15.6 Å². The highest BCUT2D eigenvalue weighted by atomic mass is 32.2. The van der Waals surface area contributed by atoms with Crippen LogP contribution >= 0.6 is 24.0 Å². The molecule has 0 heterocycles. The van der Waals surface area contributed by atoms with Gasteiger partial charge in [0.2, 0.25) is 5.91 Å². The number of hydrazine groups is 1. The fourth-order valence-corrected chi connectivity index (χ4v) is 3.19. The fraction of sp³-hybridized carbons (Fsp3) is 0.263. The summed E-state index contributed by atoms with van der Waals surface area (Å²) in [4.78, 5) is 11.8. The number of benzene rings is 2. The van der Waals surface area contributed by atoms with Crippen molar-refractivity contribution in [2.45, 2.75) is 19.1 Å². The normalized spacial score (nSPS) is 10.1. The molecule has 2 aromatic carbocycles. The van der Waals surface area contributed by atoms with E-state index in [1.807, 2.05) is 37.3 Å². The van der Waals surface area contributed by atoms with Gasteiger partial charge >= 0.3 is 0 Å². The van der Waals surface area contributed by atoms with Crippen molar-refractivity contribution in [3.05, 3.63) is 59.9 Å². The van der Waals surface area contributed by atoms with Crippen molar-refractivity contribution in [1.82, 2.24) is 10.9 Å². The highest BCUT2D eigenvalue weighted by Gasteiger charge is 2.04. The van der Waals surface area contributed by atoms with Gasteiger partial charge in [0.1, 0.15) is 11.6 Å². The van der Waals surface area contributed by atoms with Crippen LogP contribution < -0.4 is 20.9 Å². The zero-order valence-electron chi connectivity index (χ0n) is 15.0. The van der Waals surface area contributed by atoms with E-state index >= 15 is 0 Å². The minimum absolute atomic E-state index is 0.169. The van der Waals surface area contributed by atoms with Gasteiger partial charge in [0.05, 0.1) is 6.61 Å². The van der Waals surface area contributed by atoms with E-state index in [2.05, 4.69) is 16.2 Å². The van der Waals surface area contributed by atoms with Crippen LogP contribution in [0.25, 0.3) is 0 Å². The maximum Gasteiger partial charge on any atom is 0.239 e. The minimum Gasteiger partial charge on any atom is -0.494 e. The third kappa shape index (κ3) is 8.27. The number of nitrogens with one attached hydrogen (secondary N) is 3. The van der Waals surface area contributed by atoms with Gasteiger partial charge < -0.3 is 10.1 Å². The number of thiocarbonyl (C=S) groups is 1. The topological polar surface area (TPSA) is 62.4 Å². The Labute approximate surface area is 168 Å². The third-order valence-electron chi connectivity index (χ3n) is 3.37. The lowest BCUT2D eigenvalue weighted by Crippen LogP contribution is -2.43. The Bertz CT molecular complexity index is 757. The molecule has 0 unspecified atom stereocenters. The van der Waals surface area contributed by atoms with Crippen molar-refractivity contribution in [2.24, 2.45) is 0 Å². The predicted molar refractivity (Wildman–Crippen MR) is 112 cm³/mol. The van der Waals surface area contributed by atoms with Crippen LogP contribution in [0, 0.1) is 5.82 Å². The highest BCUT2D eigenvalue weighted by Crippen LogP contribution is 2.15. The fourth-order valence-electron chi connectivity index (χ4n) is 2.13. The first-order chi connectivity index (χ1) is 13.1. The second-order valence-electron chi connectivity index (χ2n) is 5.52. The summed E-state index contributed by atoms with van der Waals surface area (Å²) in [6.45, 7) is 2.53.